The predicted molar refractivity (Wildman–Crippen MR) is 91.7 cm³/mol. The molecule has 0 radical (unpaired) electrons. The maximum absolute atomic E-state index is 11.6. The molecule has 6 heteroatoms. The summed E-state index contributed by atoms with van der Waals surface area (Å²) in [6.45, 7) is 5.04. The summed E-state index contributed by atoms with van der Waals surface area (Å²) in [4.78, 5) is 16.0. The number of hydrogen-bond donors (Lipinski definition) is 2. The van der Waals surface area contributed by atoms with Gasteiger partial charge in [-0.2, -0.15) is 0 Å². The number of nitrogens with two attached hydrogens (primary N) is 1. The van der Waals surface area contributed by atoms with Crippen molar-refractivity contribution >= 4 is 22.6 Å². The fourth-order valence-corrected chi connectivity index (χ4v) is 3.17. The topological polar surface area (TPSA) is 94.7 Å². The van der Waals surface area contributed by atoms with E-state index in [2.05, 4.69) is 4.98 Å². The summed E-state index contributed by atoms with van der Waals surface area (Å²) in [5.41, 5.74) is 8.57. The number of carboxylic acids is 1. The van der Waals surface area contributed by atoms with Crippen molar-refractivity contribution in [1.29, 1.82) is 0 Å². The van der Waals surface area contributed by atoms with Crippen molar-refractivity contribution in [3.8, 4) is 5.75 Å². The highest BCUT2D eigenvalue weighted by Gasteiger charge is 2.23. The maximum Gasteiger partial charge on any atom is 0.339 e. The van der Waals surface area contributed by atoms with Crippen LogP contribution >= 0.6 is 0 Å². The van der Waals surface area contributed by atoms with E-state index in [0.29, 0.717) is 35.6 Å². The van der Waals surface area contributed by atoms with Gasteiger partial charge in [-0.15, -0.1) is 0 Å². The van der Waals surface area contributed by atoms with Crippen molar-refractivity contribution in [2.45, 2.75) is 39.2 Å². The first-order valence-corrected chi connectivity index (χ1v) is 8.22. The van der Waals surface area contributed by atoms with Gasteiger partial charge in [-0.1, -0.05) is 13.0 Å². The van der Waals surface area contributed by atoms with E-state index in [0.717, 1.165) is 24.8 Å². The van der Waals surface area contributed by atoms with Crippen molar-refractivity contribution in [3.05, 3.63) is 29.0 Å². The number of aryl methyl sites for hydroxylation is 2. The summed E-state index contributed by atoms with van der Waals surface area (Å²) >= 11 is 0. The monoisotopic (exact) mass is 330 g/mol. The molecule has 1 aliphatic heterocycles. The average molecular weight is 330 g/mol. The van der Waals surface area contributed by atoms with E-state index in [9.17, 15) is 9.90 Å². The van der Waals surface area contributed by atoms with E-state index in [1.165, 1.54) is 0 Å². The normalized spacial score (nSPS) is 15.6. The molecule has 0 amide bonds. The minimum Gasteiger partial charge on any atom is -0.489 e. The van der Waals surface area contributed by atoms with Gasteiger partial charge in [-0.05, 0) is 25.0 Å². The first-order chi connectivity index (χ1) is 11.5. The van der Waals surface area contributed by atoms with E-state index in [-0.39, 0.29) is 17.4 Å². The summed E-state index contributed by atoms with van der Waals surface area (Å²) in [5.74, 6) is -0.410. The molecule has 0 atom stereocenters. The Labute approximate surface area is 140 Å². The number of carbonyl (C=O) groups is 1. The third kappa shape index (κ3) is 2.89. The molecule has 2 heterocycles. The predicted octanol–water partition coefficient (Wildman–Crippen LogP) is 2.94. The molecule has 128 valence electrons. The van der Waals surface area contributed by atoms with Crippen molar-refractivity contribution < 1.29 is 19.4 Å². The number of hydrogen-bond acceptors (Lipinski definition) is 5. The number of benzene rings is 1. The molecule has 1 fully saturated rings. The number of carboxylic acid groups (broad SMARTS) is 1. The Morgan fingerprint density at radius 3 is 2.75 bits per heavy atom. The number of rotatable bonds is 4. The van der Waals surface area contributed by atoms with Crippen LogP contribution in [0.4, 0.5) is 5.69 Å². The molecule has 0 spiro atoms. The standard InChI is InChI=1S/C18H22N2O4/c1-3-11-4-5-13-15(16(19)14(18(21)22)10(2)20-13)17(11)24-12-6-8-23-9-7-12/h4-5,12H,3,6-9H2,1-2H3,(H2,19,20)(H,21,22). The van der Waals surface area contributed by atoms with Crippen molar-refractivity contribution in [2.24, 2.45) is 0 Å². The first-order valence-electron chi connectivity index (χ1n) is 8.22. The fraction of sp³-hybridized carbons (Fsp3) is 0.444. The number of aromatic carboxylic acids is 1. The largest absolute Gasteiger partial charge is 0.489 e. The summed E-state index contributed by atoms with van der Waals surface area (Å²) < 4.78 is 11.6. The van der Waals surface area contributed by atoms with E-state index < -0.39 is 5.97 Å². The number of pyridine rings is 1. The van der Waals surface area contributed by atoms with E-state index >= 15 is 0 Å². The number of aromatic nitrogens is 1. The quantitative estimate of drug-likeness (QED) is 0.895. The minimum atomic E-state index is -1.07. The second-order valence-electron chi connectivity index (χ2n) is 6.02. The zero-order valence-corrected chi connectivity index (χ0v) is 14.0. The highest BCUT2D eigenvalue weighted by atomic mass is 16.5. The van der Waals surface area contributed by atoms with Crippen molar-refractivity contribution in [2.75, 3.05) is 18.9 Å². The van der Waals surface area contributed by atoms with E-state index in [4.69, 9.17) is 15.2 Å². The molecule has 2 aromatic rings. The molecule has 0 unspecified atom stereocenters. The van der Waals surface area contributed by atoms with Gasteiger partial charge in [0.1, 0.15) is 17.4 Å². The molecule has 0 aliphatic carbocycles. The molecule has 1 aromatic heterocycles. The second-order valence-corrected chi connectivity index (χ2v) is 6.02. The number of nitrogen functional groups attached to an aromatic ring is 1. The fourth-order valence-electron chi connectivity index (χ4n) is 3.17. The van der Waals surface area contributed by atoms with Gasteiger partial charge >= 0.3 is 5.97 Å². The molecule has 24 heavy (non-hydrogen) atoms. The molecule has 0 bridgehead atoms. The SMILES string of the molecule is CCc1ccc2nc(C)c(C(=O)O)c(N)c2c1OC1CCOCC1. The zero-order valence-electron chi connectivity index (χ0n) is 14.0. The van der Waals surface area contributed by atoms with E-state index in [1.54, 1.807) is 6.92 Å². The molecule has 6 nitrogen and oxygen atoms in total. The highest BCUT2D eigenvalue weighted by Crippen LogP contribution is 2.37. The molecular formula is C18H22N2O4. The third-order valence-electron chi connectivity index (χ3n) is 4.45. The van der Waals surface area contributed by atoms with Crippen LogP contribution in [0.25, 0.3) is 10.9 Å². The number of nitrogens with zero attached hydrogens (tertiary/aromatic N) is 1. The van der Waals surface area contributed by atoms with Crippen LogP contribution in [0.3, 0.4) is 0 Å². The van der Waals surface area contributed by atoms with Crippen LogP contribution < -0.4 is 10.5 Å². The van der Waals surface area contributed by atoms with Crippen LogP contribution in [0.1, 0.15) is 41.4 Å². The van der Waals surface area contributed by atoms with Crippen molar-refractivity contribution in [3.63, 3.8) is 0 Å². The zero-order chi connectivity index (χ0) is 17.3. The molecule has 0 saturated carbocycles. The highest BCUT2D eigenvalue weighted by molar-refractivity contribution is 6.07. The molecular weight excluding hydrogens is 308 g/mol. The minimum absolute atomic E-state index is 0.0450. The lowest BCUT2D eigenvalue weighted by atomic mass is 10.0. The third-order valence-corrected chi connectivity index (χ3v) is 4.45. The lowest BCUT2D eigenvalue weighted by Gasteiger charge is -2.26. The summed E-state index contributed by atoms with van der Waals surface area (Å²) in [5, 5.41) is 10.1. The van der Waals surface area contributed by atoms with Gasteiger partial charge in [-0.25, -0.2) is 4.79 Å². The lowest BCUT2D eigenvalue weighted by molar-refractivity contribution is 0.0258. The number of fused-ring (bicyclic) bond motifs is 1. The van der Waals surface area contributed by atoms with Gasteiger partial charge in [0.2, 0.25) is 0 Å². The van der Waals surface area contributed by atoms with E-state index in [1.807, 2.05) is 19.1 Å². The van der Waals surface area contributed by atoms with Gasteiger partial charge in [0.25, 0.3) is 0 Å². The second kappa shape index (κ2) is 6.65. The summed E-state index contributed by atoms with van der Waals surface area (Å²) in [7, 11) is 0. The van der Waals surface area contributed by atoms with Crippen LogP contribution in [0.15, 0.2) is 12.1 Å². The van der Waals surface area contributed by atoms with Crippen molar-refractivity contribution in [1.82, 2.24) is 4.98 Å². The summed E-state index contributed by atoms with van der Waals surface area (Å²) in [6.07, 6.45) is 2.43. The van der Waals surface area contributed by atoms with Crippen LogP contribution in [0, 0.1) is 6.92 Å². The lowest BCUT2D eigenvalue weighted by Crippen LogP contribution is -2.26. The van der Waals surface area contributed by atoms with Crippen LogP contribution in [-0.2, 0) is 11.2 Å². The van der Waals surface area contributed by atoms with Gasteiger partial charge in [0.05, 0.1) is 35.5 Å². The van der Waals surface area contributed by atoms with Gasteiger partial charge in [0, 0.05) is 12.8 Å². The summed E-state index contributed by atoms with van der Waals surface area (Å²) in [6, 6.07) is 3.85. The van der Waals surface area contributed by atoms with Crippen LogP contribution in [0.2, 0.25) is 0 Å². The molecule has 1 aromatic carbocycles. The van der Waals surface area contributed by atoms with Crippen LogP contribution in [-0.4, -0.2) is 35.4 Å². The number of ether oxygens (including phenoxy) is 2. The molecule has 1 aliphatic rings. The smallest absolute Gasteiger partial charge is 0.339 e. The Bertz CT molecular complexity index is 782. The molecule has 3 N–H and O–H groups in total. The van der Waals surface area contributed by atoms with Gasteiger partial charge < -0.3 is 20.3 Å². The Hall–Kier alpha value is -2.34. The van der Waals surface area contributed by atoms with Gasteiger partial charge in [0.15, 0.2) is 0 Å². The Morgan fingerprint density at radius 2 is 2.12 bits per heavy atom. The Morgan fingerprint density at radius 1 is 1.42 bits per heavy atom. The Balaban J connectivity index is 2.19. The molecule has 3 rings (SSSR count). The molecule has 1 saturated heterocycles. The Kier molecular flexibility index (Phi) is 4.57. The van der Waals surface area contributed by atoms with Gasteiger partial charge in [-0.3, -0.25) is 4.98 Å². The average Bonchev–Trinajstić information content (AvgIpc) is 2.55. The first kappa shape index (κ1) is 16.5. The van der Waals surface area contributed by atoms with Crippen LogP contribution in [0.5, 0.6) is 5.75 Å². The number of anilines is 1. The maximum atomic E-state index is 11.6.